The molecule has 1 aliphatic heterocycles. The van der Waals surface area contributed by atoms with E-state index < -0.39 is 5.25 Å². The minimum absolute atomic E-state index is 0.103. The van der Waals surface area contributed by atoms with Crippen LogP contribution in [0.5, 0.6) is 5.75 Å². The number of nitrogens with one attached hydrogen (secondary N) is 1. The molecular formula is C19H18ClN3O3S. The number of hydrogen-bond acceptors (Lipinski definition) is 5. The molecule has 8 heteroatoms. The van der Waals surface area contributed by atoms with Gasteiger partial charge in [0, 0.05) is 30.2 Å². The second-order valence-corrected chi connectivity index (χ2v) is 7.47. The topological polar surface area (TPSA) is 71.0 Å². The summed E-state index contributed by atoms with van der Waals surface area (Å²) in [4.78, 5) is 30.9. The Kier molecular flexibility index (Phi) is 6.03. The van der Waals surface area contributed by atoms with Crippen LogP contribution < -0.4 is 10.1 Å². The van der Waals surface area contributed by atoms with Crippen LogP contribution in [0.4, 0.5) is 11.4 Å². The zero-order valence-electron chi connectivity index (χ0n) is 14.8. The summed E-state index contributed by atoms with van der Waals surface area (Å²) in [5.41, 5.74) is 1.23. The van der Waals surface area contributed by atoms with Gasteiger partial charge in [-0.3, -0.25) is 14.5 Å². The van der Waals surface area contributed by atoms with Crippen molar-refractivity contribution < 1.29 is 14.3 Å². The van der Waals surface area contributed by atoms with Gasteiger partial charge in [0.15, 0.2) is 5.17 Å². The summed E-state index contributed by atoms with van der Waals surface area (Å²) in [6.07, 6.45) is 0.103. The predicted octanol–water partition coefficient (Wildman–Crippen LogP) is 3.94. The second kappa shape index (κ2) is 8.45. The first kappa shape index (κ1) is 19.3. The van der Waals surface area contributed by atoms with Gasteiger partial charge in [-0.2, -0.15) is 0 Å². The quantitative estimate of drug-likeness (QED) is 0.839. The Balaban J connectivity index is 1.77. The fourth-order valence-electron chi connectivity index (χ4n) is 2.48. The van der Waals surface area contributed by atoms with Gasteiger partial charge in [0.05, 0.1) is 12.8 Å². The Morgan fingerprint density at radius 3 is 2.81 bits per heavy atom. The first-order valence-electron chi connectivity index (χ1n) is 8.18. The van der Waals surface area contributed by atoms with Gasteiger partial charge in [0.25, 0.3) is 0 Å². The second-order valence-electron chi connectivity index (χ2n) is 5.86. The maximum atomic E-state index is 12.7. The first-order chi connectivity index (χ1) is 13.0. The summed E-state index contributed by atoms with van der Waals surface area (Å²) in [5.74, 6) is 0.219. The molecule has 1 heterocycles. The summed E-state index contributed by atoms with van der Waals surface area (Å²) in [7, 11) is 3.21. The molecule has 0 spiro atoms. The number of carbonyl (C=O) groups excluding carboxylic acids is 2. The zero-order valence-corrected chi connectivity index (χ0v) is 16.4. The summed E-state index contributed by atoms with van der Waals surface area (Å²) < 4.78 is 5.16. The van der Waals surface area contributed by atoms with Crippen LogP contribution in [0.1, 0.15) is 6.42 Å². The SMILES string of the molecule is COc1cccc(NC(=O)C2CC(=O)N(C)C(=Nc3cccc(Cl)c3)S2)c1. The van der Waals surface area contributed by atoms with E-state index in [4.69, 9.17) is 16.3 Å². The van der Waals surface area contributed by atoms with Crippen LogP contribution in [-0.2, 0) is 9.59 Å². The largest absolute Gasteiger partial charge is 0.497 e. The van der Waals surface area contributed by atoms with Crippen molar-refractivity contribution in [3.05, 3.63) is 53.6 Å². The Morgan fingerprint density at radius 2 is 2.07 bits per heavy atom. The summed E-state index contributed by atoms with van der Waals surface area (Å²) >= 11 is 7.24. The van der Waals surface area contributed by atoms with Crippen molar-refractivity contribution in [3.8, 4) is 5.75 Å². The number of nitrogens with zero attached hydrogens (tertiary/aromatic N) is 2. The van der Waals surface area contributed by atoms with E-state index in [2.05, 4.69) is 10.3 Å². The average Bonchev–Trinajstić information content (AvgIpc) is 2.65. The number of ether oxygens (including phenoxy) is 1. The van der Waals surface area contributed by atoms with Crippen molar-refractivity contribution in [1.82, 2.24) is 4.90 Å². The molecule has 1 N–H and O–H groups in total. The highest BCUT2D eigenvalue weighted by molar-refractivity contribution is 8.15. The average molecular weight is 404 g/mol. The molecule has 2 aromatic carbocycles. The Hall–Kier alpha value is -2.51. The molecular weight excluding hydrogens is 386 g/mol. The number of anilines is 1. The molecule has 140 valence electrons. The Bertz CT molecular complexity index is 903. The van der Waals surface area contributed by atoms with E-state index >= 15 is 0 Å². The third kappa shape index (κ3) is 4.81. The van der Waals surface area contributed by atoms with Crippen LogP contribution in [0.25, 0.3) is 0 Å². The van der Waals surface area contributed by atoms with E-state index in [1.807, 2.05) is 0 Å². The van der Waals surface area contributed by atoms with Crippen molar-refractivity contribution in [2.75, 3.05) is 19.5 Å². The number of halogens is 1. The maximum absolute atomic E-state index is 12.7. The lowest BCUT2D eigenvalue weighted by atomic mass is 10.2. The van der Waals surface area contributed by atoms with E-state index in [-0.39, 0.29) is 18.2 Å². The van der Waals surface area contributed by atoms with Crippen LogP contribution in [0.15, 0.2) is 53.5 Å². The fraction of sp³-hybridized carbons (Fsp3) is 0.211. The number of thioether (sulfide) groups is 1. The molecule has 1 aliphatic rings. The molecule has 6 nitrogen and oxygen atoms in total. The number of amides is 2. The van der Waals surface area contributed by atoms with Gasteiger partial charge in [-0.1, -0.05) is 35.5 Å². The molecule has 27 heavy (non-hydrogen) atoms. The molecule has 0 aromatic heterocycles. The van der Waals surface area contributed by atoms with Gasteiger partial charge in [-0.25, -0.2) is 4.99 Å². The monoisotopic (exact) mass is 403 g/mol. The molecule has 1 unspecified atom stereocenters. The molecule has 0 radical (unpaired) electrons. The lowest BCUT2D eigenvalue weighted by Gasteiger charge is -2.28. The number of amidine groups is 1. The third-order valence-electron chi connectivity index (χ3n) is 3.93. The van der Waals surface area contributed by atoms with Crippen LogP contribution in [0.2, 0.25) is 5.02 Å². The number of carbonyl (C=O) groups is 2. The molecule has 0 aliphatic carbocycles. The first-order valence-corrected chi connectivity index (χ1v) is 9.44. The molecule has 2 amide bonds. The third-order valence-corrected chi connectivity index (χ3v) is 5.41. The van der Waals surface area contributed by atoms with Crippen molar-refractivity contribution >= 4 is 51.7 Å². The molecule has 1 saturated heterocycles. The van der Waals surface area contributed by atoms with Gasteiger partial charge >= 0.3 is 0 Å². The minimum atomic E-state index is -0.571. The van der Waals surface area contributed by atoms with Crippen molar-refractivity contribution in [1.29, 1.82) is 0 Å². The lowest BCUT2D eigenvalue weighted by molar-refractivity contribution is -0.128. The highest BCUT2D eigenvalue weighted by Gasteiger charge is 2.34. The van der Waals surface area contributed by atoms with Crippen molar-refractivity contribution in [2.45, 2.75) is 11.7 Å². The summed E-state index contributed by atoms with van der Waals surface area (Å²) in [6, 6.07) is 14.1. The molecule has 3 rings (SSSR count). The summed E-state index contributed by atoms with van der Waals surface area (Å²) in [6.45, 7) is 0. The van der Waals surface area contributed by atoms with Gasteiger partial charge in [0.1, 0.15) is 11.0 Å². The van der Waals surface area contributed by atoms with E-state index in [1.165, 1.54) is 16.7 Å². The van der Waals surface area contributed by atoms with E-state index in [9.17, 15) is 9.59 Å². The van der Waals surface area contributed by atoms with Gasteiger partial charge in [-0.15, -0.1) is 0 Å². The molecule has 2 aromatic rings. The predicted molar refractivity (Wildman–Crippen MR) is 109 cm³/mol. The number of hydrogen-bond donors (Lipinski definition) is 1. The Morgan fingerprint density at radius 1 is 1.30 bits per heavy atom. The smallest absolute Gasteiger partial charge is 0.238 e. The number of benzene rings is 2. The fourth-order valence-corrected chi connectivity index (χ4v) is 3.73. The normalized spacial score (nSPS) is 18.5. The number of rotatable bonds is 4. The Labute approximate surface area is 166 Å². The van der Waals surface area contributed by atoms with Crippen LogP contribution >= 0.6 is 23.4 Å². The highest BCUT2D eigenvalue weighted by atomic mass is 35.5. The van der Waals surface area contributed by atoms with Crippen molar-refractivity contribution in [2.24, 2.45) is 4.99 Å². The van der Waals surface area contributed by atoms with Crippen LogP contribution in [0.3, 0.4) is 0 Å². The van der Waals surface area contributed by atoms with Gasteiger partial charge < -0.3 is 10.1 Å². The molecule has 0 saturated carbocycles. The van der Waals surface area contributed by atoms with Crippen molar-refractivity contribution in [3.63, 3.8) is 0 Å². The standard InChI is InChI=1S/C19H18ClN3O3S/c1-23-17(24)11-16(18(25)21-14-7-4-8-15(10-14)26-2)27-19(23)22-13-6-3-5-12(20)9-13/h3-10,16H,11H2,1-2H3,(H,21,25). The number of aliphatic imine (C=N–C) groups is 1. The van der Waals surface area contributed by atoms with Crippen LogP contribution in [-0.4, -0.2) is 41.3 Å². The maximum Gasteiger partial charge on any atom is 0.238 e. The number of methoxy groups -OCH3 is 1. The van der Waals surface area contributed by atoms with Gasteiger partial charge in [0.2, 0.25) is 11.8 Å². The lowest BCUT2D eigenvalue weighted by Crippen LogP contribution is -2.43. The molecule has 0 bridgehead atoms. The van der Waals surface area contributed by atoms with E-state index in [0.29, 0.717) is 27.3 Å². The molecule has 1 atom stereocenters. The van der Waals surface area contributed by atoms with Gasteiger partial charge in [-0.05, 0) is 30.3 Å². The van der Waals surface area contributed by atoms with E-state index in [0.717, 1.165) is 0 Å². The van der Waals surface area contributed by atoms with E-state index in [1.54, 1.807) is 62.7 Å². The highest BCUT2D eigenvalue weighted by Crippen LogP contribution is 2.30. The minimum Gasteiger partial charge on any atom is -0.497 e. The molecule has 1 fully saturated rings. The zero-order chi connectivity index (χ0) is 19.4. The summed E-state index contributed by atoms with van der Waals surface area (Å²) in [5, 5.41) is 3.27. The van der Waals surface area contributed by atoms with Crippen LogP contribution in [0, 0.1) is 0 Å².